The molecule has 21 heavy (non-hydrogen) atoms. The summed E-state index contributed by atoms with van der Waals surface area (Å²) in [5, 5.41) is 14.2. The Labute approximate surface area is 124 Å². The van der Waals surface area contributed by atoms with E-state index in [0.717, 1.165) is 19.4 Å². The third-order valence-corrected chi connectivity index (χ3v) is 3.83. The number of hydrogen-bond acceptors (Lipinski definition) is 4. The average Bonchev–Trinajstić information content (AvgIpc) is 2.38. The van der Waals surface area contributed by atoms with E-state index in [-0.39, 0.29) is 18.9 Å². The number of rotatable bonds is 6. The molecule has 3 atom stereocenters. The predicted molar refractivity (Wildman–Crippen MR) is 76.6 cm³/mol. The summed E-state index contributed by atoms with van der Waals surface area (Å²) in [7, 11) is 2.03. The van der Waals surface area contributed by atoms with Crippen LogP contribution in [0.2, 0.25) is 0 Å². The molecular formula is C13H24N4O4. The normalized spacial score (nSPS) is 24.1. The maximum Gasteiger partial charge on any atom is 0.326 e. The number of aliphatic carboxylic acids is 1. The van der Waals surface area contributed by atoms with Gasteiger partial charge in [0.2, 0.25) is 5.91 Å². The average molecular weight is 300 g/mol. The summed E-state index contributed by atoms with van der Waals surface area (Å²) in [6.45, 7) is 2.97. The molecule has 0 aliphatic carbocycles. The van der Waals surface area contributed by atoms with Crippen LogP contribution in [-0.2, 0) is 9.59 Å². The third kappa shape index (κ3) is 5.99. The van der Waals surface area contributed by atoms with E-state index in [1.807, 2.05) is 7.05 Å². The van der Waals surface area contributed by atoms with Gasteiger partial charge in [-0.25, -0.2) is 9.59 Å². The van der Waals surface area contributed by atoms with Crippen LogP contribution in [0.1, 0.15) is 32.6 Å². The highest BCUT2D eigenvalue weighted by atomic mass is 16.4. The van der Waals surface area contributed by atoms with Crippen LogP contribution in [0, 0.1) is 0 Å². The van der Waals surface area contributed by atoms with Crippen LogP contribution >= 0.6 is 0 Å². The standard InChI is InChI=1S/C13H24N4O4/c1-8-7-9(5-6-17(8)2)15-13(21)16-10(12(19)20)3-4-11(14)18/h8-10H,3-7H2,1-2H3,(H2,14,18)(H,19,20)(H2,15,16,21)/t8?,9?,10-/m0/s1. The van der Waals surface area contributed by atoms with Gasteiger partial charge in [-0.05, 0) is 33.2 Å². The minimum absolute atomic E-state index is 0.0120. The van der Waals surface area contributed by atoms with Crippen LogP contribution in [-0.4, -0.2) is 59.6 Å². The molecule has 1 rings (SSSR count). The van der Waals surface area contributed by atoms with Gasteiger partial charge in [-0.2, -0.15) is 0 Å². The molecule has 5 N–H and O–H groups in total. The molecular weight excluding hydrogens is 276 g/mol. The molecule has 1 aliphatic rings. The van der Waals surface area contributed by atoms with Crippen molar-refractivity contribution < 1.29 is 19.5 Å². The van der Waals surface area contributed by atoms with Crippen molar-refractivity contribution >= 4 is 17.9 Å². The monoisotopic (exact) mass is 300 g/mol. The van der Waals surface area contributed by atoms with Gasteiger partial charge in [-0.3, -0.25) is 4.79 Å². The zero-order chi connectivity index (χ0) is 16.0. The fourth-order valence-corrected chi connectivity index (χ4v) is 2.35. The van der Waals surface area contributed by atoms with Crippen molar-refractivity contribution in [3.63, 3.8) is 0 Å². The van der Waals surface area contributed by atoms with Crippen molar-refractivity contribution in [1.82, 2.24) is 15.5 Å². The Morgan fingerprint density at radius 1 is 1.43 bits per heavy atom. The van der Waals surface area contributed by atoms with Gasteiger partial charge < -0.3 is 26.4 Å². The molecule has 8 heteroatoms. The highest BCUT2D eigenvalue weighted by Gasteiger charge is 2.26. The summed E-state index contributed by atoms with van der Waals surface area (Å²) in [6.07, 6.45) is 1.56. The first-order valence-electron chi connectivity index (χ1n) is 7.08. The molecule has 1 fully saturated rings. The molecule has 1 saturated heterocycles. The number of carbonyl (C=O) groups excluding carboxylic acids is 2. The molecule has 0 aromatic heterocycles. The summed E-state index contributed by atoms with van der Waals surface area (Å²) >= 11 is 0. The van der Waals surface area contributed by atoms with Crippen LogP contribution in [0.4, 0.5) is 4.79 Å². The number of likely N-dealkylation sites (tertiary alicyclic amines) is 1. The van der Waals surface area contributed by atoms with Crippen LogP contribution in [0.5, 0.6) is 0 Å². The van der Waals surface area contributed by atoms with E-state index in [1.165, 1.54) is 0 Å². The first-order chi connectivity index (χ1) is 9.79. The molecule has 0 saturated carbocycles. The fraction of sp³-hybridized carbons (Fsp3) is 0.769. The van der Waals surface area contributed by atoms with Gasteiger partial charge >= 0.3 is 12.0 Å². The second-order valence-electron chi connectivity index (χ2n) is 5.56. The van der Waals surface area contributed by atoms with Crippen molar-refractivity contribution in [1.29, 1.82) is 0 Å². The molecule has 120 valence electrons. The molecule has 3 amide bonds. The smallest absolute Gasteiger partial charge is 0.326 e. The van der Waals surface area contributed by atoms with Crippen LogP contribution < -0.4 is 16.4 Å². The highest BCUT2D eigenvalue weighted by Crippen LogP contribution is 2.15. The van der Waals surface area contributed by atoms with Crippen molar-refractivity contribution in [2.75, 3.05) is 13.6 Å². The van der Waals surface area contributed by atoms with E-state index in [9.17, 15) is 14.4 Å². The van der Waals surface area contributed by atoms with Gasteiger partial charge in [0, 0.05) is 25.0 Å². The lowest BCUT2D eigenvalue weighted by molar-refractivity contribution is -0.139. The van der Waals surface area contributed by atoms with E-state index in [1.54, 1.807) is 0 Å². The van der Waals surface area contributed by atoms with Crippen molar-refractivity contribution in [3.05, 3.63) is 0 Å². The number of hydrogen-bond donors (Lipinski definition) is 4. The van der Waals surface area contributed by atoms with Gasteiger partial charge in [-0.1, -0.05) is 0 Å². The quantitative estimate of drug-likeness (QED) is 0.525. The fourth-order valence-electron chi connectivity index (χ4n) is 2.35. The zero-order valence-electron chi connectivity index (χ0n) is 12.5. The van der Waals surface area contributed by atoms with Crippen LogP contribution in [0.3, 0.4) is 0 Å². The third-order valence-electron chi connectivity index (χ3n) is 3.83. The van der Waals surface area contributed by atoms with E-state index in [0.29, 0.717) is 6.04 Å². The SMILES string of the molecule is CC1CC(NC(=O)N[C@@H](CCC(N)=O)C(=O)O)CCN1C. The highest BCUT2D eigenvalue weighted by molar-refractivity contribution is 5.83. The Morgan fingerprint density at radius 2 is 2.10 bits per heavy atom. The zero-order valence-corrected chi connectivity index (χ0v) is 12.5. The van der Waals surface area contributed by atoms with E-state index in [4.69, 9.17) is 10.8 Å². The predicted octanol–water partition coefficient (Wildman–Crippen LogP) is -0.513. The number of amides is 3. The Hall–Kier alpha value is -1.83. The molecule has 8 nitrogen and oxygen atoms in total. The Bertz CT molecular complexity index is 402. The van der Waals surface area contributed by atoms with E-state index in [2.05, 4.69) is 22.5 Å². The van der Waals surface area contributed by atoms with E-state index >= 15 is 0 Å². The lowest BCUT2D eigenvalue weighted by atomic mass is 9.99. The van der Waals surface area contributed by atoms with Crippen LogP contribution in [0.15, 0.2) is 0 Å². The molecule has 2 unspecified atom stereocenters. The Kier molecular flexibility index (Phi) is 6.41. The number of nitrogens with one attached hydrogen (secondary N) is 2. The number of carboxylic acid groups (broad SMARTS) is 1. The number of carbonyl (C=O) groups is 3. The number of carboxylic acids is 1. The van der Waals surface area contributed by atoms with Crippen molar-refractivity contribution in [2.24, 2.45) is 5.73 Å². The summed E-state index contributed by atoms with van der Waals surface area (Å²) in [4.78, 5) is 35.8. The van der Waals surface area contributed by atoms with Gasteiger partial charge in [0.05, 0.1) is 0 Å². The second kappa shape index (κ2) is 7.82. The van der Waals surface area contributed by atoms with Crippen molar-refractivity contribution in [3.8, 4) is 0 Å². The number of piperidine rings is 1. The lowest BCUT2D eigenvalue weighted by Gasteiger charge is -2.35. The molecule has 0 spiro atoms. The molecule has 0 aromatic carbocycles. The topological polar surface area (TPSA) is 125 Å². The molecule has 0 bridgehead atoms. The number of nitrogens with two attached hydrogens (primary N) is 1. The summed E-state index contributed by atoms with van der Waals surface area (Å²) in [5.74, 6) is -1.77. The maximum atomic E-state index is 11.8. The van der Waals surface area contributed by atoms with Crippen LogP contribution in [0.25, 0.3) is 0 Å². The van der Waals surface area contributed by atoms with Gasteiger partial charge in [0.25, 0.3) is 0 Å². The minimum atomic E-state index is -1.18. The number of primary amides is 1. The van der Waals surface area contributed by atoms with Gasteiger partial charge in [0.15, 0.2) is 0 Å². The van der Waals surface area contributed by atoms with Crippen molar-refractivity contribution in [2.45, 2.75) is 50.7 Å². The number of nitrogens with zero attached hydrogens (tertiary/aromatic N) is 1. The molecule has 1 heterocycles. The Balaban J connectivity index is 2.43. The lowest BCUT2D eigenvalue weighted by Crippen LogP contribution is -2.53. The van der Waals surface area contributed by atoms with Gasteiger partial charge in [-0.15, -0.1) is 0 Å². The molecule has 1 aliphatic heterocycles. The summed E-state index contributed by atoms with van der Waals surface area (Å²) in [5.41, 5.74) is 4.98. The maximum absolute atomic E-state index is 11.8. The molecule has 0 radical (unpaired) electrons. The summed E-state index contributed by atoms with van der Waals surface area (Å²) in [6, 6.07) is -1.23. The van der Waals surface area contributed by atoms with E-state index < -0.39 is 23.9 Å². The first-order valence-corrected chi connectivity index (χ1v) is 7.08. The largest absolute Gasteiger partial charge is 0.480 e. The number of urea groups is 1. The van der Waals surface area contributed by atoms with Gasteiger partial charge in [0.1, 0.15) is 6.04 Å². The Morgan fingerprint density at radius 3 is 2.62 bits per heavy atom. The second-order valence-corrected chi connectivity index (χ2v) is 5.56. The molecule has 0 aromatic rings. The first kappa shape index (κ1) is 17.2. The summed E-state index contributed by atoms with van der Waals surface area (Å²) < 4.78 is 0. The minimum Gasteiger partial charge on any atom is -0.480 e.